The smallest absolute Gasteiger partial charge is 0.315 e. The zero-order chi connectivity index (χ0) is 24.9. The number of carbonyl (C=O) groups excluding carboxylic acids is 2. The number of hydrogen-bond acceptors (Lipinski definition) is 7. The van der Waals surface area contributed by atoms with Crippen LogP contribution in [-0.2, 0) is 9.53 Å². The van der Waals surface area contributed by atoms with E-state index in [1.807, 2.05) is 4.90 Å². The van der Waals surface area contributed by atoms with Gasteiger partial charge in [-0.3, -0.25) is 9.78 Å². The molecule has 194 valence electrons. The first kappa shape index (κ1) is 24.5. The van der Waals surface area contributed by atoms with Gasteiger partial charge < -0.3 is 29.9 Å². The van der Waals surface area contributed by atoms with Crippen molar-refractivity contribution in [3.8, 4) is 5.75 Å². The molecule has 0 spiro atoms. The van der Waals surface area contributed by atoms with Crippen LogP contribution in [0.15, 0.2) is 24.5 Å². The van der Waals surface area contributed by atoms with Crippen molar-refractivity contribution in [3.63, 3.8) is 0 Å². The van der Waals surface area contributed by atoms with E-state index < -0.39 is 0 Å². The Bertz CT molecular complexity index is 1060. The number of carbonyl (C=O) groups is 2. The van der Waals surface area contributed by atoms with Crippen LogP contribution in [0.1, 0.15) is 45.4 Å². The van der Waals surface area contributed by atoms with Gasteiger partial charge in [-0.25, -0.2) is 9.78 Å². The number of urea groups is 1. The lowest BCUT2D eigenvalue weighted by Gasteiger charge is -2.33. The maximum Gasteiger partial charge on any atom is 0.315 e. The predicted molar refractivity (Wildman–Crippen MR) is 136 cm³/mol. The van der Waals surface area contributed by atoms with Gasteiger partial charge in [0.05, 0.1) is 24.8 Å². The van der Waals surface area contributed by atoms with Crippen molar-refractivity contribution >= 4 is 28.7 Å². The highest BCUT2D eigenvalue weighted by Crippen LogP contribution is 2.33. The molecule has 1 aromatic carbocycles. The summed E-state index contributed by atoms with van der Waals surface area (Å²) < 4.78 is 12.0. The highest BCUT2D eigenvalue weighted by Gasteiger charge is 2.27. The van der Waals surface area contributed by atoms with E-state index in [4.69, 9.17) is 9.47 Å². The molecule has 10 nitrogen and oxygen atoms in total. The van der Waals surface area contributed by atoms with Crippen LogP contribution in [0.5, 0.6) is 5.75 Å². The number of nitrogens with one attached hydrogen (secondary N) is 2. The summed E-state index contributed by atoms with van der Waals surface area (Å²) in [7, 11) is 0. The van der Waals surface area contributed by atoms with Gasteiger partial charge in [-0.2, -0.15) is 0 Å². The summed E-state index contributed by atoms with van der Waals surface area (Å²) >= 11 is 0. The quantitative estimate of drug-likeness (QED) is 0.655. The highest BCUT2D eigenvalue weighted by atomic mass is 16.5. The fourth-order valence-electron chi connectivity index (χ4n) is 5.38. The topological polar surface area (TPSA) is 109 Å². The van der Waals surface area contributed by atoms with E-state index in [0.29, 0.717) is 13.1 Å². The van der Waals surface area contributed by atoms with Crippen molar-refractivity contribution in [2.24, 2.45) is 0 Å². The van der Waals surface area contributed by atoms with E-state index in [-0.39, 0.29) is 30.1 Å². The Balaban J connectivity index is 1.13. The average Bonchev–Trinajstić information content (AvgIpc) is 2.90. The third-order valence-electron chi connectivity index (χ3n) is 7.48. The molecule has 2 aromatic rings. The number of rotatable bonds is 5. The minimum Gasteiger partial charge on any atom is -0.488 e. The number of morpholine rings is 1. The van der Waals surface area contributed by atoms with Gasteiger partial charge in [0.2, 0.25) is 5.91 Å². The van der Waals surface area contributed by atoms with Crippen molar-refractivity contribution in [2.75, 3.05) is 44.3 Å². The molecule has 1 aromatic heterocycles. The lowest BCUT2D eigenvalue weighted by Crippen LogP contribution is -2.51. The molecule has 0 bridgehead atoms. The third kappa shape index (κ3) is 5.98. The van der Waals surface area contributed by atoms with Crippen LogP contribution >= 0.6 is 0 Å². The summed E-state index contributed by atoms with van der Waals surface area (Å²) in [5.41, 5.74) is 2.70. The second-order valence-electron chi connectivity index (χ2n) is 9.96. The summed E-state index contributed by atoms with van der Waals surface area (Å²) in [6.45, 7) is 6.13. The Morgan fingerprint density at radius 1 is 0.917 bits per heavy atom. The Hall–Kier alpha value is -3.14. The molecule has 1 aliphatic carbocycles. The molecule has 1 saturated carbocycles. The zero-order valence-electron chi connectivity index (χ0n) is 20.9. The molecule has 3 amide bonds. The average molecular weight is 497 g/mol. The third-order valence-corrected chi connectivity index (χ3v) is 7.48. The summed E-state index contributed by atoms with van der Waals surface area (Å²) in [5, 5.41) is 6.23. The zero-order valence-corrected chi connectivity index (χ0v) is 20.9. The summed E-state index contributed by atoms with van der Waals surface area (Å²) in [6.07, 6.45) is 8.56. The van der Waals surface area contributed by atoms with Crippen molar-refractivity contribution < 1.29 is 19.1 Å². The molecule has 0 unspecified atom stereocenters. The fourth-order valence-corrected chi connectivity index (χ4v) is 5.38. The van der Waals surface area contributed by atoms with Gasteiger partial charge in [-0.1, -0.05) is 0 Å². The first-order valence-corrected chi connectivity index (χ1v) is 13.1. The van der Waals surface area contributed by atoms with Gasteiger partial charge in [0.15, 0.2) is 0 Å². The first-order chi connectivity index (χ1) is 17.5. The fraction of sp³-hybridized carbons (Fsp3) is 0.615. The number of anilines is 1. The summed E-state index contributed by atoms with van der Waals surface area (Å²) in [5.74, 6) is 0.873. The molecule has 0 atom stereocenters. The number of benzene rings is 1. The van der Waals surface area contributed by atoms with Gasteiger partial charge >= 0.3 is 6.03 Å². The first-order valence-electron chi connectivity index (χ1n) is 13.1. The van der Waals surface area contributed by atoms with E-state index >= 15 is 0 Å². The van der Waals surface area contributed by atoms with E-state index in [0.717, 1.165) is 87.3 Å². The van der Waals surface area contributed by atoms with Crippen LogP contribution in [0.25, 0.3) is 11.0 Å². The Kier molecular flexibility index (Phi) is 7.69. The lowest BCUT2D eigenvalue weighted by atomic mass is 9.93. The molecule has 36 heavy (non-hydrogen) atoms. The molecule has 2 N–H and O–H groups in total. The second-order valence-corrected chi connectivity index (χ2v) is 9.96. The molecule has 3 heterocycles. The van der Waals surface area contributed by atoms with Crippen LogP contribution in [0.4, 0.5) is 10.5 Å². The molecule has 0 radical (unpaired) electrons. The SMILES string of the molecule is CC(=O)N1CCC(NC(=O)N[C@H]2CC[C@@H](Oc3cc(N4CCOCC4)cc4nccnc34)CC2)CC1. The van der Waals surface area contributed by atoms with Gasteiger partial charge in [-0.15, -0.1) is 0 Å². The largest absolute Gasteiger partial charge is 0.488 e. The Labute approximate surface area is 211 Å². The van der Waals surface area contributed by atoms with Crippen LogP contribution in [0.2, 0.25) is 0 Å². The van der Waals surface area contributed by atoms with E-state index in [1.165, 1.54) is 0 Å². The minimum absolute atomic E-state index is 0.0761. The predicted octanol–water partition coefficient (Wildman–Crippen LogP) is 2.47. The van der Waals surface area contributed by atoms with Crippen molar-refractivity contribution in [3.05, 3.63) is 24.5 Å². The van der Waals surface area contributed by atoms with Crippen LogP contribution in [0, 0.1) is 0 Å². The summed E-state index contributed by atoms with van der Waals surface area (Å²) in [4.78, 5) is 37.2. The molecular formula is C26H36N6O4. The Morgan fingerprint density at radius 2 is 1.58 bits per heavy atom. The van der Waals surface area contributed by atoms with E-state index in [2.05, 4.69) is 37.6 Å². The number of amides is 3. The number of ether oxygens (including phenoxy) is 2. The molecule has 3 aliphatic rings. The number of aromatic nitrogens is 2. The van der Waals surface area contributed by atoms with Crippen molar-refractivity contribution in [1.29, 1.82) is 0 Å². The number of nitrogens with zero attached hydrogens (tertiary/aromatic N) is 4. The molecule has 5 rings (SSSR count). The van der Waals surface area contributed by atoms with Crippen molar-refractivity contribution in [2.45, 2.75) is 63.6 Å². The Morgan fingerprint density at radius 3 is 2.28 bits per heavy atom. The highest BCUT2D eigenvalue weighted by molar-refractivity contribution is 5.85. The second kappa shape index (κ2) is 11.3. The van der Waals surface area contributed by atoms with Gasteiger partial charge in [-0.05, 0) is 44.6 Å². The number of likely N-dealkylation sites (tertiary alicyclic amines) is 1. The van der Waals surface area contributed by atoms with E-state index in [1.54, 1.807) is 19.3 Å². The maximum atomic E-state index is 12.5. The van der Waals surface area contributed by atoms with Crippen molar-refractivity contribution in [1.82, 2.24) is 25.5 Å². The minimum atomic E-state index is -0.111. The monoisotopic (exact) mass is 496 g/mol. The summed E-state index contributed by atoms with van der Waals surface area (Å²) in [6, 6.07) is 4.30. The standard InChI is InChI=1S/C26H36N6O4/c1-18(33)31-10-6-20(7-11-31)30-26(34)29-19-2-4-22(5-3-19)36-24-17-21(32-12-14-35-15-13-32)16-23-25(24)28-9-8-27-23/h8-9,16-17,19-20,22H,2-7,10-15H2,1H3,(H2,29,30,34)/t19-,22+. The molecule has 2 saturated heterocycles. The van der Waals surface area contributed by atoms with Gasteiger partial charge in [0.25, 0.3) is 0 Å². The molecular weight excluding hydrogens is 460 g/mol. The van der Waals surface area contributed by atoms with Crippen LogP contribution < -0.4 is 20.3 Å². The normalized spacial score (nSPS) is 23.4. The van der Waals surface area contributed by atoms with Crippen LogP contribution in [-0.4, -0.2) is 84.4 Å². The number of hydrogen-bond donors (Lipinski definition) is 2. The number of piperidine rings is 1. The van der Waals surface area contributed by atoms with Gasteiger partial charge in [0.1, 0.15) is 11.3 Å². The number of fused-ring (bicyclic) bond motifs is 1. The van der Waals surface area contributed by atoms with Crippen LogP contribution in [0.3, 0.4) is 0 Å². The lowest BCUT2D eigenvalue weighted by molar-refractivity contribution is -0.129. The van der Waals surface area contributed by atoms with E-state index in [9.17, 15) is 9.59 Å². The molecule has 3 fully saturated rings. The molecule has 10 heteroatoms. The molecule has 2 aliphatic heterocycles. The van der Waals surface area contributed by atoms with Gasteiger partial charge in [0, 0.05) is 69.3 Å². The maximum absolute atomic E-state index is 12.5.